The SMILES string of the molecule is CC1CC(N2CCN(CC(=O)O)CC2)CCN1C. The average molecular weight is 255 g/mol. The molecule has 2 fully saturated rings. The quantitative estimate of drug-likeness (QED) is 0.779. The predicted octanol–water partition coefficient (Wildman–Crippen LogP) is 0.171. The van der Waals surface area contributed by atoms with Crippen molar-refractivity contribution in [2.24, 2.45) is 0 Å². The highest BCUT2D eigenvalue weighted by Crippen LogP contribution is 2.21. The molecule has 2 rings (SSSR count). The van der Waals surface area contributed by atoms with E-state index in [1.54, 1.807) is 0 Å². The van der Waals surface area contributed by atoms with E-state index in [9.17, 15) is 4.79 Å². The third kappa shape index (κ3) is 3.43. The molecule has 2 atom stereocenters. The Morgan fingerprint density at radius 3 is 2.44 bits per heavy atom. The molecule has 2 unspecified atom stereocenters. The second-order valence-corrected chi connectivity index (χ2v) is 5.71. The lowest BCUT2D eigenvalue weighted by atomic mass is 9.97. The normalized spacial score (nSPS) is 32.6. The Morgan fingerprint density at radius 2 is 1.89 bits per heavy atom. The Bertz CT molecular complexity index is 290. The highest BCUT2D eigenvalue weighted by Gasteiger charge is 2.29. The standard InChI is InChI=1S/C13H25N3O2/c1-11-9-12(3-4-14(11)2)16-7-5-15(6-8-16)10-13(17)18/h11-12H,3-10H2,1-2H3,(H,17,18). The van der Waals surface area contributed by atoms with Crippen LogP contribution in [0.4, 0.5) is 0 Å². The van der Waals surface area contributed by atoms with Gasteiger partial charge in [0.1, 0.15) is 0 Å². The molecule has 0 aromatic heterocycles. The van der Waals surface area contributed by atoms with E-state index in [1.165, 1.54) is 19.4 Å². The van der Waals surface area contributed by atoms with E-state index in [0.717, 1.165) is 26.2 Å². The van der Waals surface area contributed by atoms with Crippen LogP contribution >= 0.6 is 0 Å². The first-order valence-corrected chi connectivity index (χ1v) is 6.94. The van der Waals surface area contributed by atoms with Gasteiger partial charge < -0.3 is 10.0 Å². The van der Waals surface area contributed by atoms with Crippen LogP contribution in [0, 0.1) is 0 Å². The monoisotopic (exact) mass is 255 g/mol. The fourth-order valence-electron chi connectivity index (χ4n) is 3.07. The number of nitrogens with zero attached hydrogens (tertiary/aromatic N) is 3. The number of carbonyl (C=O) groups is 1. The summed E-state index contributed by atoms with van der Waals surface area (Å²) >= 11 is 0. The van der Waals surface area contributed by atoms with Gasteiger partial charge in [-0.2, -0.15) is 0 Å². The predicted molar refractivity (Wildman–Crippen MR) is 70.8 cm³/mol. The fraction of sp³-hybridized carbons (Fsp3) is 0.923. The number of likely N-dealkylation sites (tertiary alicyclic amines) is 1. The molecule has 0 aromatic carbocycles. The Morgan fingerprint density at radius 1 is 1.22 bits per heavy atom. The van der Waals surface area contributed by atoms with Gasteiger partial charge in [0.25, 0.3) is 0 Å². The van der Waals surface area contributed by atoms with Crippen LogP contribution in [0.5, 0.6) is 0 Å². The van der Waals surface area contributed by atoms with Crippen LogP contribution in [0.25, 0.3) is 0 Å². The lowest BCUT2D eigenvalue weighted by Crippen LogP contribution is -2.54. The summed E-state index contributed by atoms with van der Waals surface area (Å²) in [5, 5.41) is 8.78. The van der Waals surface area contributed by atoms with Crippen LogP contribution in [0.2, 0.25) is 0 Å². The van der Waals surface area contributed by atoms with Crippen LogP contribution in [0.1, 0.15) is 19.8 Å². The first kappa shape index (κ1) is 13.8. The molecule has 2 saturated heterocycles. The van der Waals surface area contributed by atoms with Crippen molar-refractivity contribution in [2.75, 3.05) is 46.3 Å². The number of hydrogen-bond donors (Lipinski definition) is 1. The summed E-state index contributed by atoms with van der Waals surface area (Å²) < 4.78 is 0. The number of rotatable bonds is 3. The van der Waals surface area contributed by atoms with Crippen molar-refractivity contribution in [3.05, 3.63) is 0 Å². The van der Waals surface area contributed by atoms with Gasteiger partial charge >= 0.3 is 5.97 Å². The van der Waals surface area contributed by atoms with E-state index in [2.05, 4.69) is 23.8 Å². The van der Waals surface area contributed by atoms with Crippen LogP contribution in [-0.2, 0) is 4.79 Å². The van der Waals surface area contributed by atoms with Crippen LogP contribution in [-0.4, -0.2) is 84.2 Å². The molecule has 18 heavy (non-hydrogen) atoms. The molecular weight excluding hydrogens is 230 g/mol. The second kappa shape index (κ2) is 5.99. The van der Waals surface area contributed by atoms with Crippen molar-refractivity contribution in [1.82, 2.24) is 14.7 Å². The Balaban J connectivity index is 1.77. The van der Waals surface area contributed by atoms with Crippen molar-refractivity contribution in [2.45, 2.75) is 31.8 Å². The maximum absolute atomic E-state index is 10.7. The maximum Gasteiger partial charge on any atom is 0.317 e. The second-order valence-electron chi connectivity index (χ2n) is 5.71. The van der Waals surface area contributed by atoms with Crippen LogP contribution in [0.3, 0.4) is 0 Å². The van der Waals surface area contributed by atoms with Crippen LogP contribution in [0.15, 0.2) is 0 Å². The summed E-state index contributed by atoms with van der Waals surface area (Å²) in [6.45, 7) is 7.51. The third-order valence-corrected chi connectivity index (χ3v) is 4.46. The van der Waals surface area contributed by atoms with Gasteiger partial charge in [0.05, 0.1) is 6.54 Å². The zero-order valence-corrected chi connectivity index (χ0v) is 11.5. The molecule has 0 aromatic rings. The first-order chi connectivity index (χ1) is 8.56. The van der Waals surface area contributed by atoms with Gasteiger partial charge in [-0.3, -0.25) is 14.6 Å². The summed E-state index contributed by atoms with van der Waals surface area (Å²) in [6, 6.07) is 1.36. The van der Waals surface area contributed by atoms with Gasteiger partial charge in [0.2, 0.25) is 0 Å². The largest absolute Gasteiger partial charge is 0.480 e. The average Bonchev–Trinajstić information content (AvgIpc) is 2.33. The minimum absolute atomic E-state index is 0.192. The van der Waals surface area contributed by atoms with Crippen molar-refractivity contribution in [3.63, 3.8) is 0 Å². The minimum atomic E-state index is -0.712. The first-order valence-electron chi connectivity index (χ1n) is 6.94. The lowest BCUT2D eigenvalue weighted by molar-refractivity contribution is -0.138. The van der Waals surface area contributed by atoms with E-state index < -0.39 is 5.97 Å². The molecule has 0 aliphatic carbocycles. The Labute approximate surface area is 109 Å². The highest BCUT2D eigenvalue weighted by atomic mass is 16.4. The molecule has 2 heterocycles. The van der Waals surface area contributed by atoms with Gasteiger partial charge in [-0.05, 0) is 33.4 Å². The van der Waals surface area contributed by atoms with Crippen LogP contribution < -0.4 is 0 Å². The van der Waals surface area contributed by atoms with Gasteiger partial charge in [-0.25, -0.2) is 0 Å². The Kier molecular flexibility index (Phi) is 4.59. The number of carboxylic acid groups (broad SMARTS) is 1. The summed E-state index contributed by atoms with van der Waals surface area (Å²) in [4.78, 5) is 17.7. The van der Waals surface area contributed by atoms with E-state index in [1.807, 2.05) is 4.90 Å². The fourth-order valence-corrected chi connectivity index (χ4v) is 3.07. The molecule has 104 valence electrons. The van der Waals surface area contributed by atoms with Gasteiger partial charge in [-0.15, -0.1) is 0 Å². The van der Waals surface area contributed by atoms with Crippen molar-refractivity contribution < 1.29 is 9.90 Å². The number of piperidine rings is 1. The third-order valence-electron chi connectivity index (χ3n) is 4.46. The minimum Gasteiger partial charge on any atom is -0.480 e. The van der Waals surface area contributed by atoms with E-state index in [0.29, 0.717) is 12.1 Å². The number of aliphatic carboxylic acids is 1. The zero-order valence-electron chi connectivity index (χ0n) is 11.5. The summed E-state index contributed by atoms with van der Waals surface area (Å²) in [6.07, 6.45) is 2.50. The van der Waals surface area contributed by atoms with E-state index in [4.69, 9.17) is 5.11 Å². The molecule has 0 bridgehead atoms. The smallest absolute Gasteiger partial charge is 0.317 e. The summed E-state index contributed by atoms with van der Waals surface area (Å²) in [5.41, 5.74) is 0. The van der Waals surface area contributed by atoms with Gasteiger partial charge in [0.15, 0.2) is 0 Å². The highest BCUT2D eigenvalue weighted by molar-refractivity contribution is 5.69. The molecule has 0 spiro atoms. The molecule has 0 radical (unpaired) electrons. The van der Waals surface area contributed by atoms with Crippen molar-refractivity contribution >= 4 is 5.97 Å². The molecule has 0 saturated carbocycles. The summed E-state index contributed by atoms with van der Waals surface area (Å²) in [5.74, 6) is -0.712. The molecule has 5 heteroatoms. The lowest BCUT2D eigenvalue weighted by Gasteiger charge is -2.44. The van der Waals surface area contributed by atoms with E-state index >= 15 is 0 Å². The molecule has 5 nitrogen and oxygen atoms in total. The van der Waals surface area contributed by atoms with E-state index in [-0.39, 0.29) is 6.54 Å². The van der Waals surface area contributed by atoms with Gasteiger partial charge in [-0.1, -0.05) is 0 Å². The number of piperazine rings is 1. The number of hydrogen-bond acceptors (Lipinski definition) is 4. The summed E-state index contributed by atoms with van der Waals surface area (Å²) in [7, 11) is 2.20. The maximum atomic E-state index is 10.7. The van der Waals surface area contributed by atoms with Crippen molar-refractivity contribution in [1.29, 1.82) is 0 Å². The zero-order chi connectivity index (χ0) is 13.1. The molecule has 2 aliphatic heterocycles. The Hall–Kier alpha value is -0.650. The molecule has 0 amide bonds. The molecule has 2 aliphatic rings. The topological polar surface area (TPSA) is 47.0 Å². The molecular formula is C13H25N3O2. The molecule has 1 N–H and O–H groups in total. The van der Waals surface area contributed by atoms with Gasteiger partial charge in [0, 0.05) is 38.3 Å². The number of carboxylic acids is 1. The van der Waals surface area contributed by atoms with Crippen molar-refractivity contribution in [3.8, 4) is 0 Å².